The highest BCUT2D eigenvalue weighted by Gasteiger charge is 2.31. The maximum absolute atomic E-state index is 12.7. The second-order valence-corrected chi connectivity index (χ2v) is 10.0. The summed E-state index contributed by atoms with van der Waals surface area (Å²) < 4.78 is 27.0. The number of sulfonamides is 1. The van der Waals surface area contributed by atoms with Crippen LogP contribution in [0.2, 0.25) is 0 Å². The molecule has 2 aliphatic heterocycles. The number of aryl methyl sites for hydroxylation is 1. The topological polar surface area (TPSA) is 69.7 Å². The van der Waals surface area contributed by atoms with Crippen molar-refractivity contribution in [3.63, 3.8) is 0 Å². The van der Waals surface area contributed by atoms with Crippen molar-refractivity contribution in [1.29, 1.82) is 0 Å². The highest BCUT2D eigenvalue weighted by atomic mass is 32.2. The second kappa shape index (κ2) is 9.85. The average molecular weight is 408 g/mol. The Morgan fingerprint density at radius 2 is 1.79 bits per heavy atom. The van der Waals surface area contributed by atoms with E-state index < -0.39 is 10.0 Å². The lowest BCUT2D eigenvalue weighted by molar-refractivity contribution is -0.126. The fourth-order valence-corrected chi connectivity index (χ4v) is 5.79. The van der Waals surface area contributed by atoms with Crippen molar-refractivity contribution in [3.8, 4) is 0 Å². The van der Waals surface area contributed by atoms with Gasteiger partial charge in [-0.1, -0.05) is 24.3 Å². The molecule has 1 amide bonds. The first-order valence-corrected chi connectivity index (χ1v) is 12.1. The van der Waals surface area contributed by atoms with Gasteiger partial charge in [0.05, 0.1) is 5.75 Å². The van der Waals surface area contributed by atoms with Crippen molar-refractivity contribution in [1.82, 2.24) is 14.5 Å². The number of benzene rings is 1. The van der Waals surface area contributed by atoms with E-state index in [9.17, 15) is 13.2 Å². The minimum atomic E-state index is -3.34. The molecule has 1 aromatic carbocycles. The van der Waals surface area contributed by atoms with Gasteiger partial charge in [0, 0.05) is 25.6 Å². The molecule has 6 nitrogen and oxygen atoms in total. The van der Waals surface area contributed by atoms with Crippen LogP contribution in [-0.4, -0.2) is 62.8 Å². The molecule has 156 valence electrons. The Morgan fingerprint density at radius 3 is 2.46 bits per heavy atom. The van der Waals surface area contributed by atoms with E-state index in [-0.39, 0.29) is 17.6 Å². The Hall–Kier alpha value is -1.44. The van der Waals surface area contributed by atoms with Crippen LogP contribution < -0.4 is 5.32 Å². The number of hydrogen-bond acceptors (Lipinski definition) is 4. The van der Waals surface area contributed by atoms with Crippen molar-refractivity contribution < 1.29 is 13.2 Å². The first-order chi connectivity index (χ1) is 13.5. The summed E-state index contributed by atoms with van der Waals surface area (Å²) in [6.45, 7) is 6.93. The Balaban J connectivity index is 1.40. The summed E-state index contributed by atoms with van der Waals surface area (Å²) in [7, 11) is -3.34. The third kappa shape index (κ3) is 5.78. The maximum atomic E-state index is 12.7. The molecule has 2 aliphatic rings. The molecule has 2 saturated heterocycles. The molecule has 2 heterocycles. The number of piperidine rings is 1. The minimum Gasteiger partial charge on any atom is -0.356 e. The Morgan fingerprint density at radius 1 is 1.11 bits per heavy atom. The van der Waals surface area contributed by atoms with E-state index in [1.54, 1.807) is 4.31 Å². The molecule has 0 aliphatic carbocycles. The highest BCUT2D eigenvalue weighted by molar-refractivity contribution is 7.88. The first-order valence-electron chi connectivity index (χ1n) is 10.5. The van der Waals surface area contributed by atoms with Crippen LogP contribution in [0.25, 0.3) is 0 Å². The lowest BCUT2D eigenvalue weighted by Gasteiger charge is -2.30. The van der Waals surface area contributed by atoms with Gasteiger partial charge in [0.25, 0.3) is 0 Å². The smallest absolute Gasteiger partial charge is 0.223 e. The normalized spacial score (nSPS) is 19.8. The molecule has 0 saturated carbocycles. The Labute approximate surface area is 169 Å². The zero-order valence-corrected chi connectivity index (χ0v) is 17.7. The summed E-state index contributed by atoms with van der Waals surface area (Å²) in [4.78, 5) is 14.8. The first kappa shape index (κ1) is 21.3. The molecule has 3 rings (SSSR count). The molecule has 2 fully saturated rings. The van der Waals surface area contributed by atoms with Crippen molar-refractivity contribution >= 4 is 15.9 Å². The number of carbonyl (C=O) groups is 1. The van der Waals surface area contributed by atoms with E-state index >= 15 is 0 Å². The van der Waals surface area contributed by atoms with Crippen LogP contribution in [0.4, 0.5) is 0 Å². The molecule has 0 unspecified atom stereocenters. The predicted octanol–water partition coefficient (Wildman–Crippen LogP) is 2.14. The third-order valence-electron chi connectivity index (χ3n) is 5.97. The van der Waals surface area contributed by atoms with Gasteiger partial charge in [0.15, 0.2) is 0 Å². The van der Waals surface area contributed by atoms with Gasteiger partial charge in [-0.05, 0) is 69.8 Å². The van der Waals surface area contributed by atoms with Crippen molar-refractivity contribution in [3.05, 3.63) is 35.4 Å². The van der Waals surface area contributed by atoms with E-state index in [4.69, 9.17) is 0 Å². The summed E-state index contributed by atoms with van der Waals surface area (Å²) >= 11 is 0. The van der Waals surface area contributed by atoms with Crippen molar-refractivity contribution in [2.24, 2.45) is 5.92 Å². The maximum Gasteiger partial charge on any atom is 0.223 e. The van der Waals surface area contributed by atoms with Gasteiger partial charge in [-0.2, -0.15) is 0 Å². The summed E-state index contributed by atoms with van der Waals surface area (Å²) in [6.07, 6.45) is 4.76. The van der Waals surface area contributed by atoms with Crippen LogP contribution in [0.1, 0.15) is 43.2 Å². The summed E-state index contributed by atoms with van der Waals surface area (Å²) in [5.74, 6) is 0.0432. The largest absolute Gasteiger partial charge is 0.356 e. The van der Waals surface area contributed by atoms with Gasteiger partial charge < -0.3 is 10.2 Å². The molecular weight excluding hydrogens is 374 g/mol. The zero-order valence-electron chi connectivity index (χ0n) is 16.9. The average Bonchev–Trinajstić information content (AvgIpc) is 3.20. The number of likely N-dealkylation sites (tertiary alicyclic amines) is 1. The fraction of sp³-hybridized carbons (Fsp3) is 0.667. The molecule has 0 radical (unpaired) electrons. The molecule has 28 heavy (non-hydrogen) atoms. The summed E-state index contributed by atoms with van der Waals surface area (Å²) in [6, 6.07) is 7.60. The van der Waals surface area contributed by atoms with Gasteiger partial charge in [-0.3, -0.25) is 4.79 Å². The van der Waals surface area contributed by atoms with Gasteiger partial charge >= 0.3 is 0 Å². The number of rotatable bonds is 8. The number of amides is 1. The molecule has 0 atom stereocenters. The number of hydrogen-bond donors (Lipinski definition) is 1. The van der Waals surface area contributed by atoms with E-state index in [1.165, 1.54) is 25.9 Å². The third-order valence-corrected chi connectivity index (χ3v) is 7.79. The van der Waals surface area contributed by atoms with Crippen LogP contribution in [0.15, 0.2) is 24.3 Å². The van der Waals surface area contributed by atoms with Crippen LogP contribution in [0.5, 0.6) is 0 Å². The van der Waals surface area contributed by atoms with E-state index in [2.05, 4.69) is 10.2 Å². The molecule has 0 spiro atoms. The van der Waals surface area contributed by atoms with Crippen molar-refractivity contribution in [2.75, 3.05) is 39.3 Å². The standard InChI is InChI=1S/C21H33N3O3S/c1-18-7-2-3-8-20(18)17-28(26,27)24-15-9-19(10-16-24)21(25)22-11-6-14-23-12-4-5-13-23/h2-3,7-8,19H,4-6,9-17H2,1H3,(H,22,25). The zero-order chi connectivity index (χ0) is 20.0. The van der Waals surface area contributed by atoms with E-state index in [0.29, 0.717) is 32.5 Å². The van der Waals surface area contributed by atoms with Crippen LogP contribution in [0.3, 0.4) is 0 Å². The van der Waals surface area contributed by atoms with Crippen molar-refractivity contribution in [2.45, 2.75) is 44.8 Å². The van der Waals surface area contributed by atoms with Gasteiger partial charge in [-0.15, -0.1) is 0 Å². The second-order valence-electron chi connectivity index (χ2n) is 8.05. The molecule has 0 bridgehead atoms. The lowest BCUT2D eigenvalue weighted by atomic mass is 9.97. The summed E-state index contributed by atoms with van der Waals surface area (Å²) in [5.41, 5.74) is 1.84. The molecule has 7 heteroatoms. The van der Waals surface area contributed by atoms with Gasteiger partial charge in [0.1, 0.15) is 0 Å². The van der Waals surface area contributed by atoms with Crippen LogP contribution in [0, 0.1) is 12.8 Å². The Kier molecular flexibility index (Phi) is 7.48. The molecule has 0 aromatic heterocycles. The van der Waals surface area contributed by atoms with Gasteiger partial charge in [-0.25, -0.2) is 12.7 Å². The van der Waals surface area contributed by atoms with Crippen LogP contribution >= 0.6 is 0 Å². The molecule has 1 N–H and O–H groups in total. The van der Waals surface area contributed by atoms with Crippen LogP contribution in [-0.2, 0) is 20.6 Å². The minimum absolute atomic E-state index is 0.0348. The number of nitrogens with zero attached hydrogens (tertiary/aromatic N) is 2. The van der Waals surface area contributed by atoms with Gasteiger partial charge in [0.2, 0.25) is 15.9 Å². The van der Waals surface area contributed by atoms with E-state index in [0.717, 1.165) is 24.1 Å². The van der Waals surface area contributed by atoms with E-state index in [1.807, 2.05) is 31.2 Å². The number of nitrogens with one attached hydrogen (secondary N) is 1. The predicted molar refractivity (Wildman–Crippen MR) is 111 cm³/mol. The quantitative estimate of drug-likeness (QED) is 0.671. The number of carbonyl (C=O) groups excluding carboxylic acids is 1. The Bertz CT molecular complexity index is 752. The molecular formula is C21H33N3O3S. The SMILES string of the molecule is Cc1ccccc1CS(=O)(=O)N1CCC(C(=O)NCCCN2CCCC2)CC1. The molecule has 1 aromatic rings. The lowest BCUT2D eigenvalue weighted by Crippen LogP contribution is -2.43. The highest BCUT2D eigenvalue weighted by Crippen LogP contribution is 2.22. The monoisotopic (exact) mass is 407 g/mol. The summed E-state index contributed by atoms with van der Waals surface area (Å²) in [5, 5.41) is 3.04. The fourth-order valence-electron chi connectivity index (χ4n) is 4.12.